The van der Waals surface area contributed by atoms with Gasteiger partial charge in [0.2, 0.25) is 9.84 Å². The van der Waals surface area contributed by atoms with Gasteiger partial charge in [-0.05, 0) is 18.2 Å². The van der Waals surface area contributed by atoms with E-state index in [1.807, 2.05) is 0 Å². The highest BCUT2D eigenvalue weighted by atomic mass is 35.5. The average Bonchev–Trinajstić information content (AvgIpc) is 2.43. The predicted octanol–water partition coefficient (Wildman–Crippen LogP) is 1.36. The summed E-state index contributed by atoms with van der Waals surface area (Å²) < 4.78 is 23.7. The molecule has 0 radical (unpaired) electrons. The van der Waals surface area contributed by atoms with Crippen LogP contribution in [0, 0.1) is 0 Å². The maximum Gasteiger partial charge on any atom is 0.205 e. The second-order valence-electron chi connectivity index (χ2n) is 3.08. The molecule has 2 rings (SSSR count). The van der Waals surface area contributed by atoms with Crippen LogP contribution in [0.3, 0.4) is 0 Å². The normalized spacial score (nSPS) is 17.3. The molecule has 1 aromatic carbocycles. The van der Waals surface area contributed by atoms with Crippen LogP contribution in [0.5, 0.6) is 0 Å². The summed E-state index contributed by atoms with van der Waals surface area (Å²) in [6.07, 6.45) is 1.49. The summed E-state index contributed by atoms with van der Waals surface area (Å²) in [5.41, 5.74) is 0.506. The van der Waals surface area contributed by atoms with Gasteiger partial charge < -0.3 is 0 Å². The summed E-state index contributed by atoms with van der Waals surface area (Å²) in [4.78, 5) is 4.68. The molecule has 80 valence electrons. The zero-order valence-corrected chi connectivity index (χ0v) is 9.18. The summed E-state index contributed by atoms with van der Waals surface area (Å²) in [5.74, 6) is 4.86. The van der Waals surface area contributed by atoms with Crippen LogP contribution in [0.1, 0.15) is 5.56 Å². The third kappa shape index (κ3) is 1.57. The van der Waals surface area contributed by atoms with Gasteiger partial charge in [-0.15, -0.1) is 0 Å². The molecule has 1 aromatic rings. The first kappa shape index (κ1) is 10.6. The number of sulfone groups is 1. The Hall–Kier alpha value is -0.880. The van der Waals surface area contributed by atoms with E-state index in [1.165, 1.54) is 12.1 Å². The van der Waals surface area contributed by atoms with Crippen LogP contribution in [0.15, 0.2) is 28.0 Å². The summed E-state index contributed by atoms with van der Waals surface area (Å²) in [7, 11) is -3.46. The van der Waals surface area contributed by atoms with Gasteiger partial charge in [0.05, 0.1) is 9.80 Å². The van der Waals surface area contributed by atoms with Crippen molar-refractivity contribution in [3.8, 4) is 0 Å². The van der Waals surface area contributed by atoms with Gasteiger partial charge in [-0.2, -0.15) is 0 Å². The second kappa shape index (κ2) is 3.61. The number of hydrogen-bond donors (Lipinski definition) is 1. The first-order chi connectivity index (χ1) is 7.07. The van der Waals surface area contributed by atoms with Gasteiger partial charge in [0.15, 0.2) is 0 Å². The second-order valence-corrected chi connectivity index (χ2v) is 5.46. The minimum atomic E-state index is -3.46. The maximum absolute atomic E-state index is 11.9. The van der Waals surface area contributed by atoms with E-state index in [0.29, 0.717) is 10.6 Å². The lowest BCUT2D eigenvalue weighted by Gasteiger charge is -2.01. The summed E-state index contributed by atoms with van der Waals surface area (Å²) >= 11 is 5.88. The zero-order valence-electron chi connectivity index (χ0n) is 7.60. The molecule has 0 aromatic heterocycles. The van der Waals surface area contributed by atoms with Gasteiger partial charge in [0.25, 0.3) is 0 Å². The van der Waals surface area contributed by atoms with Gasteiger partial charge in [-0.3, -0.25) is 4.84 Å². The van der Waals surface area contributed by atoms with Crippen LogP contribution in [-0.4, -0.2) is 15.0 Å². The molecule has 0 spiro atoms. The first-order valence-electron chi connectivity index (χ1n) is 4.13. The minimum absolute atomic E-state index is 0.133. The molecule has 0 saturated heterocycles. The molecule has 0 amide bonds. The van der Waals surface area contributed by atoms with Crippen molar-refractivity contribution in [1.29, 1.82) is 0 Å². The van der Waals surface area contributed by atoms with E-state index in [1.54, 1.807) is 12.1 Å². The first-order valence-corrected chi connectivity index (χ1v) is 5.99. The maximum atomic E-state index is 11.9. The molecule has 1 heterocycles. The molecular formula is C9H8ClNO3S. The number of rotatable bonds is 2. The molecule has 0 atom stereocenters. The zero-order chi connectivity index (χ0) is 11.1. The van der Waals surface area contributed by atoms with Crippen molar-refractivity contribution < 1.29 is 13.3 Å². The molecule has 6 heteroatoms. The fraction of sp³-hybridized carbons (Fsp3) is 0.111. The Bertz CT molecular complexity index is 536. The lowest BCUT2D eigenvalue weighted by atomic mass is 10.2. The quantitative estimate of drug-likeness (QED) is 0.799. The minimum Gasteiger partial charge on any atom is -0.299 e. The SMILES string of the molecule is NOCC1=Cc2c(Cl)cccc2S1(=O)=O. The van der Waals surface area contributed by atoms with Crippen molar-refractivity contribution in [2.45, 2.75) is 4.90 Å². The number of fused-ring (bicyclic) bond motifs is 1. The molecule has 0 saturated carbocycles. The highest BCUT2D eigenvalue weighted by Crippen LogP contribution is 2.36. The number of hydrogen-bond acceptors (Lipinski definition) is 4. The lowest BCUT2D eigenvalue weighted by molar-refractivity contribution is 0.166. The van der Waals surface area contributed by atoms with E-state index in [0.717, 1.165) is 0 Å². The molecule has 15 heavy (non-hydrogen) atoms. The highest BCUT2D eigenvalue weighted by Gasteiger charge is 2.30. The third-order valence-corrected chi connectivity index (χ3v) is 4.37. The monoisotopic (exact) mass is 245 g/mol. The molecule has 1 aliphatic rings. The van der Waals surface area contributed by atoms with Crippen molar-refractivity contribution >= 4 is 27.5 Å². The smallest absolute Gasteiger partial charge is 0.205 e. The molecule has 0 bridgehead atoms. The Morgan fingerprint density at radius 2 is 2.13 bits per heavy atom. The van der Waals surface area contributed by atoms with E-state index < -0.39 is 9.84 Å². The molecule has 0 fully saturated rings. The average molecular weight is 246 g/mol. The van der Waals surface area contributed by atoms with Crippen LogP contribution in [-0.2, 0) is 14.7 Å². The Morgan fingerprint density at radius 3 is 2.73 bits per heavy atom. The van der Waals surface area contributed by atoms with E-state index in [-0.39, 0.29) is 16.4 Å². The van der Waals surface area contributed by atoms with Gasteiger partial charge in [-0.1, -0.05) is 17.7 Å². The molecule has 0 unspecified atom stereocenters. The largest absolute Gasteiger partial charge is 0.299 e. The summed E-state index contributed by atoms with van der Waals surface area (Å²) in [6.45, 7) is -0.145. The summed E-state index contributed by atoms with van der Waals surface area (Å²) in [5, 5.41) is 0.406. The van der Waals surface area contributed by atoms with Crippen molar-refractivity contribution in [2.75, 3.05) is 6.61 Å². The van der Waals surface area contributed by atoms with Gasteiger partial charge in [0, 0.05) is 10.6 Å². The predicted molar refractivity (Wildman–Crippen MR) is 56.8 cm³/mol. The third-order valence-electron chi connectivity index (χ3n) is 2.18. The fourth-order valence-electron chi connectivity index (χ4n) is 1.47. The fourth-order valence-corrected chi connectivity index (χ4v) is 3.25. The molecule has 2 N–H and O–H groups in total. The number of nitrogens with two attached hydrogens (primary N) is 1. The van der Waals surface area contributed by atoms with E-state index in [2.05, 4.69) is 4.84 Å². The van der Waals surface area contributed by atoms with E-state index >= 15 is 0 Å². The Morgan fingerprint density at radius 1 is 1.40 bits per heavy atom. The Kier molecular flexibility index (Phi) is 2.56. The number of halogens is 1. The van der Waals surface area contributed by atoms with Crippen LogP contribution in [0.4, 0.5) is 0 Å². The van der Waals surface area contributed by atoms with Gasteiger partial charge in [-0.25, -0.2) is 14.3 Å². The van der Waals surface area contributed by atoms with E-state index in [9.17, 15) is 8.42 Å². The Labute approximate surface area is 92.2 Å². The van der Waals surface area contributed by atoms with E-state index in [4.69, 9.17) is 17.5 Å². The lowest BCUT2D eigenvalue weighted by Crippen LogP contribution is -2.09. The van der Waals surface area contributed by atoms with Crippen LogP contribution < -0.4 is 5.90 Å². The molecule has 0 aliphatic carbocycles. The van der Waals surface area contributed by atoms with Gasteiger partial charge >= 0.3 is 0 Å². The molecule has 4 nitrogen and oxygen atoms in total. The topological polar surface area (TPSA) is 69.4 Å². The van der Waals surface area contributed by atoms with Crippen molar-refractivity contribution in [3.63, 3.8) is 0 Å². The molecule has 1 aliphatic heterocycles. The van der Waals surface area contributed by atoms with Crippen LogP contribution in [0.25, 0.3) is 6.08 Å². The number of benzene rings is 1. The van der Waals surface area contributed by atoms with Crippen molar-refractivity contribution in [1.82, 2.24) is 0 Å². The van der Waals surface area contributed by atoms with Crippen LogP contribution >= 0.6 is 11.6 Å². The van der Waals surface area contributed by atoms with Crippen LogP contribution in [0.2, 0.25) is 5.02 Å². The highest BCUT2D eigenvalue weighted by molar-refractivity contribution is 7.95. The standard InChI is InChI=1S/C9H8ClNO3S/c10-8-2-1-3-9-7(8)4-6(5-14-11)15(9,12)13/h1-4H,5,11H2. The van der Waals surface area contributed by atoms with Crippen molar-refractivity contribution in [2.24, 2.45) is 5.90 Å². The molecular weight excluding hydrogens is 238 g/mol. The Balaban J connectivity index is 2.64. The van der Waals surface area contributed by atoms with Crippen molar-refractivity contribution in [3.05, 3.63) is 33.7 Å². The van der Waals surface area contributed by atoms with Gasteiger partial charge in [0.1, 0.15) is 6.61 Å². The summed E-state index contributed by atoms with van der Waals surface area (Å²) in [6, 6.07) is 4.74.